The first-order valence-corrected chi connectivity index (χ1v) is 6.06. The fraction of sp³-hybridized carbons (Fsp3) is 0.417. The molecule has 1 aromatic carbocycles. The number of hydrogen-bond donors (Lipinski definition) is 0. The van der Waals surface area contributed by atoms with Gasteiger partial charge in [0.15, 0.2) is 0 Å². The molecule has 0 saturated carbocycles. The normalized spacial score (nSPS) is 19.6. The minimum absolute atomic E-state index is 0.133. The lowest BCUT2D eigenvalue weighted by Crippen LogP contribution is -2.30. The maximum Gasteiger partial charge on any atom is 0.573 e. The fourth-order valence-corrected chi connectivity index (χ4v) is 2.34. The first-order valence-electron chi connectivity index (χ1n) is 5.68. The van der Waals surface area contributed by atoms with Gasteiger partial charge in [-0.3, -0.25) is 0 Å². The van der Waals surface area contributed by atoms with E-state index in [1.807, 2.05) is 4.90 Å². The molecular weight excluding hydrogens is 283 g/mol. The molecule has 1 saturated heterocycles. The van der Waals surface area contributed by atoms with E-state index < -0.39 is 12.1 Å². The number of halogens is 4. The van der Waals surface area contributed by atoms with Crippen LogP contribution in [0.3, 0.4) is 0 Å². The SMILES string of the molecule is O=C[C@H]1CCCN1c1ccc(OC(F)(F)F)c(Cl)c1. The van der Waals surface area contributed by atoms with Gasteiger partial charge in [-0.05, 0) is 31.0 Å². The van der Waals surface area contributed by atoms with Gasteiger partial charge in [0.1, 0.15) is 12.0 Å². The molecule has 1 aliphatic heterocycles. The van der Waals surface area contributed by atoms with Gasteiger partial charge < -0.3 is 14.4 Å². The third-order valence-electron chi connectivity index (χ3n) is 2.93. The van der Waals surface area contributed by atoms with E-state index in [2.05, 4.69) is 4.74 Å². The predicted molar refractivity (Wildman–Crippen MR) is 64.6 cm³/mol. The van der Waals surface area contributed by atoms with Crippen LogP contribution < -0.4 is 9.64 Å². The summed E-state index contributed by atoms with van der Waals surface area (Å²) >= 11 is 5.76. The molecule has 1 heterocycles. The van der Waals surface area contributed by atoms with Crippen LogP contribution in [0.4, 0.5) is 18.9 Å². The molecule has 0 unspecified atom stereocenters. The summed E-state index contributed by atoms with van der Waals surface area (Å²) in [5, 5.41) is -0.133. The molecule has 19 heavy (non-hydrogen) atoms. The van der Waals surface area contributed by atoms with Gasteiger partial charge in [0.25, 0.3) is 0 Å². The summed E-state index contributed by atoms with van der Waals surface area (Å²) in [6.07, 6.45) is -2.34. The van der Waals surface area contributed by atoms with E-state index in [1.54, 1.807) is 0 Å². The van der Waals surface area contributed by atoms with Crippen molar-refractivity contribution in [1.82, 2.24) is 0 Å². The minimum Gasteiger partial charge on any atom is -0.404 e. The van der Waals surface area contributed by atoms with Crippen molar-refractivity contribution in [3.8, 4) is 5.75 Å². The second-order valence-corrected chi connectivity index (χ2v) is 4.61. The van der Waals surface area contributed by atoms with Crippen LogP contribution in [0.25, 0.3) is 0 Å². The van der Waals surface area contributed by atoms with Crippen LogP contribution >= 0.6 is 11.6 Å². The quantitative estimate of drug-likeness (QED) is 0.800. The number of ether oxygens (including phenoxy) is 1. The number of anilines is 1. The molecule has 2 rings (SSSR count). The second kappa shape index (κ2) is 5.28. The van der Waals surface area contributed by atoms with E-state index in [0.717, 1.165) is 25.2 Å². The van der Waals surface area contributed by atoms with E-state index in [0.29, 0.717) is 12.2 Å². The van der Waals surface area contributed by atoms with Gasteiger partial charge in [-0.2, -0.15) is 0 Å². The van der Waals surface area contributed by atoms with E-state index in [9.17, 15) is 18.0 Å². The van der Waals surface area contributed by atoms with Crippen LogP contribution in [-0.4, -0.2) is 25.2 Å². The average molecular weight is 294 g/mol. The van der Waals surface area contributed by atoms with Gasteiger partial charge in [0, 0.05) is 12.2 Å². The summed E-state index contributed by atoms with van der Waals surface area (Å²) in [6.45, 7) is 0.680. The molecule has 0 radical (unpaired) electrons. The minimum atomic E-state index is -4.77. The molecule has 104 valence electrons. The van der Waals surface area contributed by atoms with Crippen molar-refractivity contribution in [2.75, 3.05) is 11.4 Å². The van der Waals surface area contributed by atoms with Crippen LogP contribution in [0, 0.1) is 0 Å². The van der Waals surface area contributed by atoms with Gasteiger partial charge in [-0.1, -0.05) is 11.6 Å². The summed E-state index contributed by atoms with van der Waals surface area (Å²) in [5.41, 5.74) is 0.620. The zero-order chi connectivity index (χ0) is 14.0. The number of carbonyl (C=O) groups is 1. The zero-order valence-electron chi connectivity index (χ0n) is 9.78. The maximum atomic E-state index is 12.1. The zero-order valence-corrected chi connectivity index (χ0v) is 10.5. The van der Waals surface area contributed by atoms with E-state index in [1.165, 1.54) is 12.1 Å². The first-order chi connectivity index (χ1) is 8.90. The third-order valence-corrected chi connectivity index (χ3v) is 3.22. The summed E-state index contributed by atoms with van der Waals surface area (Å²) in [5.74, 6) is -0.445. The first kappa shape index (κ1) is 14.0. The lowest BCUT2D eigenvalue weighted by atomic mass is 10.2. The number of benzene rings is 1. The number of nitrogens with zero attached hydrogens (tertiary/aromatic N) is 1. The van der Waals surface area contributed by atoms with Gasteiger partial charge in [-0.15, -0.1) is 13.2 Å². The molecule has 0 aliphatic carbocycles. The molecular formula is C12H11ClF3NO2. The van der Waals surface area contributed by atoms with E-state index in [-0.39, 0.29) is 11.1 Å². The standard InChI is InChI=1S/C12H11ClF3NO2/c13-10-6-8(17-5-1-2-9(17)7-18)3-4-11(10)19-12(14,15)16/h3-4,6-7,9H,1-2,5H2/t9-/m1/s1. The van der Waals surface area contributed by atoms with Crippen molar-refractivity contribution in [1.29, 1.82) is 0 Å². The average Bonchev–Trinajstić information content (AvgIpc) is 2.78. The molecule has 1 aliphatic rings. The largest absolute Gasteiger partial charge is 0.573 e. The summed E-state index contributed by atoms with van der Waals surface area (Å²) in [7, 11) is 0. The van der Waals surface area contributed by atoms with Gasteiger partial charge in [-0.25, -0.2) is 0 Å². The Morgan fingerprint density at radius 2 is 2.16 bits per heavy atom. The Balaban J connectivity index is 2.21. The molecule has 0 bridgehead atoms. The Hall–Kier alpha value is -1.43. The number of aldehydes is 1. The molecule has 0 amide bonds. The van der Waals surface area contributed by atoms with Crippen LogP contribution in [0.1, 0.15) is 12.8 Å². The number of rotatable bonds is 3. The lowest BCUT2D eigenvalue weighted by Gasteiger charge is -2.23. The molecule has 1 aromatic rings. The topological polar surface area (TPSA) is 29.5 Å². The molecule has 7 heteroatoms. The molecule has 1 fully saturated rings. The Morgan fingerprint density at radius 3 is 2.74 bits per heavy atom. The predicted octanol–water partition coefficient (Wildman–Crippen LogP) is 3.41. The Bertz CT molecular complexity index is 479. The Labute approximate surface area is 112 Å². The highest BCUT2D eigenvalue weighted by atomic mass is 35.5. The number of alkyl halides is 3. The monoisotopic (exact) mass is 293 g/mol. The fourth-order valence-electron chi connectivity index (χ4n) is 2.13. The highest BCUT2D eigenvalue weighted by Crippen LogP contribution is 2.35. The molecule has 0 spiro atoms. The summed E-state index contributed by atoms with van der Waals surface area (Å²) in [4.78, 5) is 12.7. The summed E-state index contributed by atoms with van der Waals surface area (Å²) in [6, 6.07) is 3.76. The lowest BCUT2D eigenvalue weighted by molar-refractivity contribution is -0.274. The van der Waals surface area contributed by atoms with Crippen molar-refractivity contribution in [2.45, 2.75) is 25.2 Å². The van der Waals surface area contributed by atoms with E-state index in [4.69, 9.17) is 11.6 Å². The Morgan fingerprint density at radius 1 is 1.42 bits per heavy atom. The maximum absolute atomic E-state index is 12.1. The molecule has 0 N–H and O–H groups in total. The third kappa shape index (κ3) is 3.32. The van der Waals surface area contributed by atoms with Crippen molar-refractivity contribution in [2.24, 2.45) is 0 Å². The van der Waals surface area contributed by atoms with Crippen LogP contribution in [-0.2, 0) is 4.79 Å². The van der Waals surface area contributed by atoms with Crippen LogP contribution in [0.2, 0.25) is 5.02 Å². The van der Waals surface area contributed by atoms with Gasteiger partial charge in [0.2, 0.25) is 0 Å². The number of carbonyl (C=O) groups excluding carboxylic acids is 1. The van der Waals surface area contributed by atoms with Crippen LogP contribution in [0.15, 0.2) is 18.2 Å². The number of hydrogen-bond acceptors (Lipinski definition) is 3. The molecule has 3 nitrogen and oxygen atoms in total. The van der Waals surface area contributed by atoms with Crippen molar-refractivity contribution in [3.63, 3.8) is 0 Å². The molecule has 1 atom stereocenters. The highest BCUT2D eigenvalue weighted by molar-refractivity contribution is 6.32. The highest BCUT2D eigenvalue weighted by Gasteiger charge is 2.32. The molecule has 0 aromatic heterocycles. The Kier molecular flexibility index (Phi) is 3.89. The van der Waals surface area contributed by atoms with Gasteiger partial charge in [0.05, 0.1) is 11.1 Å². The van der Waals surface area contributed by atoms with Gasteiger partial charge >= 0.3 is 6.36 Å². The van der Waals surface area contributed by atoms with Crippen molar-refractivity contribution < 1.29 is 22.7 Å². The van der Waals surface area contributed by atoms with E-state index >= 15 is 0 Å². The second-order valence-electron chi connectivity index (χ2n) is 4.20. The summed E-state index contributed by atoms with van der Waals surface area (Å²) < 4.78 is 40.1. The van der Waals surface area contributed by atoms with Crippen LogP contribution in [0.5, 0.6) is 5.75 Å². The van der Waals surface area contributed by atoms with Crippen molar-refractivity contribution >= 4 is 23.6 Å². The smallest absolute Gasteiger partial charge is 0.404 e. The van der Waals surface area contributed by atoms with Crippen molar-refractivity contribution in [3.05, 3.63) is 23.2 Å².